The van der Waals surface area contributed by atoms with Gasteiger partial charge in [-0.25, -0.2) is 0 Å². The summed E-state index contributed by atoms with van der Waals surface area (Å²) in [5.74, 6) is 0. The molecule has 1 aromatic rings. The zero-order valence-corrected chi connectivity index (χ0v) is 13.5. The van der Waals surface area contributed by atoms with Crippen LogP contribution in [0.1, 0.15) is 26.7 Å². The maximum Gasteiger partial charge on any atom is 0.170 e. The van der Waals surface area contributed by atoms with Crippen molar-refractivity contribution in [1.29, 1.82) is 0 Å². The van der Waals surface area contributed by atoms with Crippen LogP contribution in [0.4, 0.5) is 11.4 Å². The lowest BCUT2D eigenvalue weighted by Crippen LogP contribution is -2.45. The molecule has 5 heteroatoms. The molecule has 1 aliphatic carbocycles. The van der Waals surface area contributed by atoms with Crippen LogP contribution in [-0.4, -0.2) is 36.5 Å². The molecule has 0 aromatic heterocycles. The molecule has 0 unspecified atom stereocenters. The van der Waals surface area contributed by atoms with Crippen LogP contribution in [-0.2, 0) is 4.74 Å². The van der Waals surface area contributed by atoms with Crippen molar-refractivity contribution in [3.63, 3.8) is 0 Å². The molecule has 1 saturated carbocycles. The number of anilines is 2. The minimum Gasteiger partial charge on any atom is -0.372 e. The zero-order chi connectivity index (χ0) is 14.8. The lowest BCUT2D eigenvalue weighted by atomic mass is 10.2. The molecule has 114 valence electrons. The van der Waals surface area contributed by atoms with Crippen LogP contribution in [0, 0.1) is 0 Å². The average Bonchev–Trinajstić information content (AvgIpc) is 3.22. The maximum absolute atomic E-state index is 5.78. The van der Waals surface area contributed by atoms with Gasteiger partial charge in [0.05, 0.1) is 12.2 Å². The Morgan fingerprint density at radius 1 is 1.14 bits per heavy atom. The fraction of sp³-hybridized carbons (Fsp3) is 0.562. The molecule has 3 rings (SSSR count). The third-order valence-corrected chi connectivity index (χ3v) is 4.04. The van der Waals surface area contributed by atoms with E-state index in [1.165, 1.54) is 18.5 Å². The van der Waals surface area contributed by atoms with Crippen LogP contribution < -0.4 is 15.5 Å². The first-order valence-electron chi connectivity index (χ1n) is 7.68. The van der Waals surface area contributed by atoms with E-state index in [0.29, 0.717) is 6.04 Å². The standard InChI is InChI=1S/C16H23N3OS/c1-11-9-19(10-12(2)20-11)15-7-5-14(6-8-15)18-16(21)17-13-3-4-13/h5-8,11-13H,3-4,9-10H2,1-2H3,(H2,17,18,21)/t11-,12-/m1/s1. The Balaban J connectivity index is 1.59. The van der Waals surface area contributed by atoms with E-state index in [2.05, 4.69) is 53.6 Å². The first kappa shape index (κ1) is 14.6. The molecule has 2 N–H and O–H groups in total. The molecular weight excluding hydrogens is 282 g/mol. The lowest BCUT2D eigenvalue weighted by molar-refractivity contribution is -0.00521. The second kappa shape index (κ2) is 6.20. The molecule has 0 amide bonds. The molecule has 0 spiro atoms. The molecule has 4 nitrogen and oxygen atoms in total. The summed E-state index contributed by atoms with van der Waals surface area (Å²) in [5, 5.41) is 7.24. The number of nitrogens with one attached hydrogen (secondary N) is 2. The van der Waals surface area contributed by atoms with Crippen molar-refractivity contribution >= 4 is 28.7 Å². The van der Waals surface area contributed by atoms with Crippen LogP contribution in [0.15, 0.2) is 24.3 Å². The van der Waals surface area contributed by atoms with Crippen LogP contribution in [0.5, 0.6) is 0 Å². The van der Waals surface area contributed by atoms with Gasteiger partial charge in [-0.15, -0.1) is 0 Å². The van der Waals surface area contributed by atoms with E-state index in [1.807, 2.05) is 0 Å². The highest BCUT2D eigenvalue weighted by Gasteiger charge is 2.23. The van der Waals surface area contributed by atoms with Gasteiger partial charge < -0.3 is 20.3 Å². The summed E-state index contributed by atoms with van der Waals surface area (Å²) in [6, 6.07) is 9.04. The second-order valence-corrected chi connectivity index (χ2v) is 6.49. The Morgan fingerprint density at radius 2 is 1.76 bits per heavy atom. The topological polar surface area (TPSA) is 36.5 Å². The molecule has 1 heterocycles. The largest absolute Gasteiger partial charge is 0.372 e. The molecule has 2 aliphatic rings. The summed E-state index contributed by atoms with van der Waals surface area (Å²) >= 11 is 5.29. The molecule has 1 saturated heterocycles. The summed E-state index contributed by atoms with van der Waals surface area (Å²) in [6.45, 7) is 6.14. The van der Waals surface area contributed by atoms with Gasteiger partial charge in [-0.2, -0.15) is 0 Å². The summed E-state index contributed by atoms with van der Waals surface area (Å²) < 4.78 is 5.78. The van der Waals surface area contributed by atoms with E-state index in [-0.39, 0.29) is 12.2 Å². The molecule has 0 bridgehead atoms. The highest BCUT2D eigenvalue weighted by atomic mass is 32.1. The van der Waals surface area contributed by atoms with Gasteiger partial charge in [0, 0.05) is 30.5 Å². The summed E-state index contributed by atoms with van der Waals surface area (Å²) in [4.78, 5) is 2.38. The van der Waals surface area contributed by atoms with E-state index in [9.17, 15) is 0 Å². The predicted molar refractivity (Wildman–Crippen MR) is 91.0 cm³/mol. The van der Waals surface area contributed by atoms with Crippen LogP contribution >= 0.6 is 12.2 Å². The van der Waals surface area contributed by atoms with Crippen LogP contribution in [0.2, 0.25) is 0 Å². The predicted octanol–water partition coefficient (Wildman–Crippen LogP) is 2.75. The third-order valence-electron chi connectivity index (χ3n) is 3.82. The number of morpholine rings is 1. The molecule has 1 aliphatic heterocycles. The van der Waals surface area contributed by atoms with Crippen molar-refractivity contribution in [1.82, 2.24) is 5.32 Å². The third kappa shape index (κ3) is 4.08. The average molecular weight is 305 g/mol. The Morgan fingerprint density at radius 3 is 2.33 bits per heavy atom. The molecule has 21 heavy (non-hydrogen) atoms. The molecular formula is C16H23N3OS. The minimum atomic E-state index is 0.280. The highest BCUT2D eigenvalue weighted by molar-refractivity contribution is 7.80. The van der Waals surface area contributed by atoms with E-state index < -0.39 is 0 Å². The molecule has 0 radical (unpaired) electrons. The van der Waals surface area contributed by atoms with Gasteiger partial charge in [0.2, 0.25) is 0 Å². The molecule has 2 atom stereocenters. The summed E-state index contributed by atoms with van der Waals surface area (Å²) in [5.41, 5.74) is 2.27. The number of benzene rings is 1. The maximum atomic E-state index is 5.78. The Kier molecular flexibility index (Phi) is 4.31. The van der Waals surface area contributed by atoms with E-state index >= 15 is 0 Å². The minimum absolute atomic E-state index is 0.280. The SMILES string of the molecule is C[C@@H]1CN(c2ccc(NC(=S)NC3CC3)cc2)C[C@@H](C)O1. The summed E-state index contributed by atoms with van der Waals surface area (Å²) in [6.07, 6.45) is 3.02. The quantitative estimate of drug-likeness (QED) is 0.840. The number of nitrogens with zero attached hydrogens (tertiary/aromatic N) is 1. The number of ether oxygens (including phenoxy) is 1. The first-order valence-corrected chi connectivity index (χ1v) is 8.09. The van der Waals surface area contributed by atoms with Gasteiger partial charge in [0.15, 0.2) is 5.11 Å². The van der Waals surface area contributed by atoms with Gasteiger partial charge >= 0.3 is 0 Å². The van der Waals surface area contributed by atoms with Gasteiger partial charge in [0.25, 0.3) is 0 Å². The second-order valence-electron chi connectivity index (χ2n) is 6.08. The van der Waals surface area contributed by atoms with Gasteiger partial charge in [0.1, 0.15) is 0 Å². The Labute approximate surface area is 131 Å². The van der Waals surface area contributed by atoms with Crippen molar-refractivity contribution in [2.45, 2.75) is 44.9 Å². The number of rotatable bonds is 3. The van der Waals surface area contributed by atoms with Crippen molar-refractivity contribution in [3.05, 3.63) is 24.3 Å². The summed E-state index contributed by atoms with van der Waals surface area (Å²) in [7, 11) is 0. The smallest absolute Gasteiger partial charge is 0.170 e. The van der Waals surface area contributed by atoms with Crippen LogP contribution in [0.25, 0.3) is 0 Å². The molecule has 2 fully saturated rings. The highest BCUT2D eigenvalue weighted by Crippen LogP contribution is 2.23. The number of hydrogen-bond acceptors (Lipinski definition) is 3. The fourth-order valence-corrected chi connectivity index (χ4v) is 3.01. The van der Waals surface area contributed by atoms with Crippen molar-refractivity contribution in [3.8, 4) is 0 Å². The van der Waals surface area contributed by atoms with E-state index in [1.54, 1.807) is 0 Å². The van der Waals surface area contributed by atoms with Gasteiger partial charge in [-0.05, 0) is 63.2 Å². The van der Waals surface area contributed by atoms with Gasteiger partial charge in [-0.3, -0.25) is 0 Å². The van der Waals surface area contributed by atoms with Crippen LogP contribution in [0.3, 0.4) is 0 Å². The van der Waals surface area contributed by atoms with Crippen molar-refractivity contribution < 1.29 is 4.74 Å². The normalized spacial score (nSPS) is 25.5. The molecule has 1 aromatic carbocycles. The van der Waals surface area contributed by atoms with E-state index in [0.717, 1.165) is 23.9 Å². The van der Waals surface area contributed by atoms with Crippen molar-refractivity contribution in [2.24, 2.45) is 0 Å². The zero-order valence-electron chi connectivity index (χ0n) is 12.6. The monoisotopic (exact) mass is 305 g/mol. The van der Waals surface area contributed by atoms with Gasteiger partial charge in [-0.1, -0.05) is 0 Å². The van der Waals surface area contributed by atoms with E-state index in [4.69, 9.17) is 17.0 Å². The number of hydrogen-bond donors (Lipinski definition) is 2. The number of thiocarbonyl (C=S) groups is 1. The Hall–Kier alpha value is -1.33. The van der Waals surface area contributed by atoms with Crippen molar-refractivity contribution in [2.75, 3.05) is 23.3 Å². The fourth-order valence-electron chi connectivity index (χ4n) is 2.72. The first-order chi connectivity index (χ1) is 10.1. The Bertz CT molecular complexity index is 491. The lowest BCUT2D eigenvalue weighted by Gasteiger charge is -2.36.